The largest absolute Gasteiger partial charge is 0.479 e. The summed E-state index contributed by atoms with van der Waals surface area (Å²) in [5, 5.41) is 9.58. The van der Waals surface area contributed by atoms with E-state index in [-0.39, 0.29) is 12.0 Å². The van der Waals surface area contributed by atoms with E-state index in [1.807, 2.05) is 0 Å². The van der Waals surface area contributed by atoms with Gasteiger partial charge in [0.15, 0.2) is 5.78 Å². The van der Waals surface area contributed by atoms with E-state index in [9.17, 15) is 24.3 Å². The Balaban J connectivity index is 2.62. The Morgan fingerprint density at radius 2 is 1.81 bits per heavy atom. The quantitative estimate of drug-likeness (QED) is 0.413. The number of carbonyl (C=O) groups is 4. The number of thiol groups is 2. The Kier molecular flexibility index (Phi) is 3.61. The molecule has 0 aromatic rings. The van der Waals surface area contributed by atoms with Crippen molar-refractivity contribution in [2.24, 2.45) is 0 Å². The van der Waals surface area contributed by atoms with Gasteiger partial charge in [-0.15, -0.1) is 0 Å². The van der Waals surface area contributed by atoms with Crippen LogP contribution in [0.15, 0.2) is 11.6 Å². The minimum atomic E-state index is -2.31. The normalized spacial score (nSPS) is 34.1. The standard InChI is InChI=1S/C12H14N2O5S2/c1-3-5-6-7(15)12(8(16)17,11(6,20)4-2)13-9(18)14(21)10(13)19/h5,20-21H,3-4H2,1-2H3,(H,16,17)/b6-5+. The van der Waals surface area contributed by atoms with Gasteiger partial charge in [-0.1, -0.05) is 32.7 Å². The van der Waals surface area contributed by atoms with Gasteiger partial charge in [0.25, 0.3) is 0 Å². The van der Waals surface area contributed by atoms with Crippen molar-refractivity contribution in [1.82, 2.24) is 9.21 Å². The molecule has 0 radical (unpaired) electrons. The average Bonchev–Trinajstić information content (AvgIpc) is 2.47. The number of carboxylic acids is 1. The van der Waals surface area contributed by atoms with E-state index in [1.54, 1.807) is 19.9 Å². The van der Waals surface area contributed by atoms with E-state index in [4.69, 9.17) is 0 Å². The van der Waals surface area contributed by atoms with Crippen molar-refractivity contribution < 1.29 is 24.3 Å². The van der Waals surface area contributed by atoms with Crippen molar-refractivity contribution in [3.8, 4) is 0 Å². The fourth-order valence-corrected chi connectivity index (χ4v) is 3.54. The van der Waals surface area contributed by atoms with Crippen molar-refractivity contribution in [3.63, 3.8) is 0 Å². The number of allylic oxidation sites excluding steroid dienone is 1. The zero-order chi connectivity index (χ0) is 16.2. The second-order valence-electron chi connectivity index (χ2n) is 4.80. The third-order valence-corrected chi connectivity index (χ3v) is 5.15. The highest BCUT2D eigenvalue weighted by Crippen LogP contribution is 2.56. The van der Waals surface area contributed by atoms with Crippen LogP contribution < -0.4 is 0 Å². The molecule has 4 amide bonds. The Morgan fingerprint density at radius 3 is 2.19 bits per heavy atom. The minimum absolute atomic E-state index is 0.170. The molecule has 114 valence electrons. The summed E-state index contributed by atoms with van der Waals surface area (Å²) in [6, 6.07) is -1.89. The van der Waals surface area contributed by atoms with Gasteiger partial charge in [-0.2, -0.15) is 16.9 Å². The van der Waals surface area contributed by atoms with Crippen LogP contribution in [0.2, 0.25) is 0 Å². The molecule has 1 saturated heterocycles. The van der Waals surface area contributed by atoms with Gasteiger partial charge in [0.2, 0.25) is 5.54 Å². The topological polar surface area (TPSA) is 95.0 Å². The highest BCUT2D eigenvalue weighted by atomic mass is 32.1. The van der Waals surface area contributed by atoms with Gasteiger partial charge in [-0.05, 0) is 12.8 Å². The van der Waals surface area contributed by atoms with E-state index in [0.29, 0.717) is 15.6 Å². The molecule has 1 heterocycles. The molecular weight excluding hydrogens is 316 g/mol. The number of ketones is 1. The van der Waals surface area contributed by atoms with Gasteiger partial charge in [0.05, 0.1) is 4.75 Å². The van der Waals surface area contributed by atoms with Crippen LogP contribution in [-0.2, 0) is 9.59 Å². The Bertz CT molecular complexity index is 588. The predicted octanol–water partition coefficient (Wildman–Crippen LogP) is 1.51. The first-order chi connectivity index (χ1) is 9.71. The number of carboxylic acid groups (broad SMARTS) is 1. The molecule has 9 heteroatoms. The van der Waals surface area contributed by atoms with E-state index in [2.05, 4.69) is 25.4 Å². The highest BCUT2D eigenvalue weighted by Gasteiger charge is 2.79. The second-order valence-corrected chi connectivity index (χ2v) is 5.96. The van der Waals surface area contributed by atoms with Crippen LogP contribution in [-0.4, -0.2) is 48.4 Å². The maximum Gasteiger partial charge on any atom is 0.348 e. The molecule has 0 aromatic heterocycles. The fourth-order valence-electron chi connectivity index (χ4n) is 2.87. The van der Waals surface area contributed by atoms with E-state index < -0.39 is 34.1 Å². The molecule has 2 atom stereocenters. The van der Waals surface area contributed by atoms with Crippen LogP contribution in [0.5, 0.6) is 0 Å². The SMILES string of the molecule is CC/C=C1\C(=O)C(C(=O)O)(N2C(=O)N(S)C2=O)C1(S)CC. The number of amides is 4. The number of Topliss-reactive ketones (excluding diaryl/α,β-unsaturated/α-hetero) is 1. The summed E-state index contributed by atoms with van der Waals surface area (Å²) in [6.07, 6.45) is 2.26. The first-order valence-electron chi connectivity index (χ1n) is 6.30. The number of hydrogen-bond acceptors (Lipinski definition) is 6. The lowest BCUT2D eigenvalue weighted by atomic mass is 9.58. The minimum Gasteiger partial charge on any atom is -0.479 e. The molecule has 2 aliphatic rings. The predicted molar refractivity (Wildman–Crippen MR) is 79.2 cm³/mol. The van der Waals surface area contributed by atoms with Crippen molar-refractivity contribution in [2.45, 2.75) is 37.0 Å². The molecule has 0 aromatic carbocycles. The summed E-state index contributed by atoms with van der Waals surface area (Å²) < 4.78 is -0.949. The van der Waals surface area contributed by atoms with E-state index in [1.165, 1.54) is 0 Å². The molecular formula is C12H14N2O5S2. The summed E-state index contributed by atoms with van der Waals surface area (Å²) in [7, 11) is 0. The molecule has 2 unspecified atom stereocenters. The van der Waals surface area contributed by atoms with Gasteiger partial charge >= 0.3 is 18.0 Å². The number of urea groups is 2. The monoisotopic (exact) mass is 330 g/mol. The first kappa shape index (κ1) is 15.9. The second kappa shape index (κ2) is 4.77. The first-order valence-corrected chi connectivity index (χ1v) is 7.14. The van der Waals surface area contributed by atoms with Crippen molar-refractivity contribution >= 4 is 49.3 Å². The zero-order valence-electron chi connectivity index (χ0n) is 11.4. The fraction of sp³-hybridized carbons (Fsp3) is 0.500. The number of rotatable bonds is 4. The Hall–Kier alpha value is -1.48. The third kappa shape index (κ3) is 1.53. The van der Waals surface area contributed by atoms with E-state index >= 15 is 0 Å². The molecule has 2 rings (SSSR count). The summed E-state index contributed by atoms with van der Waals surface area (Å²) in [5.41, 5.74) is -2.09. The summed E-state index contributed by atoms with van der Waals surface area (Å²) in [5.74, 6) is -2.35. The maximum absolute atomic E-state index is 12.4. The smallest absolute Gasteiger partial charge is 0.348 e. The molecule has 0 bridgehead atoms. The van der Waals surface area contributed by atoms with Gasteiger partial charge < -0.3 is 5.11 Å². The molecule has 1 aliphatic carbocycles. The number of aliphatic carboxylic acids is 1. The van der Waals surface area contributed by atoms with Crippen molar-refractivity contribution in [3.05, 3.63) is 11.6 Å². The number of imide groups is 2. The van der Waals surface area contributed by atoms with Crippen LogP contribution in [0.3, 0.4) is 0 Å². The Labute approximate surface area is 131 Å². The molecule has 1 saturated carbocycles. The lowest BCUT2D eigenvalue weighted by molar-refractivity contribution is -0.161. The lowest BCUT2D eigenvalue weighted by Crippen LogP contribution is -2.86. The molecule has 21 heavy (non-hydrogen) atoms. The van der Waals surface area contributed by atoms with Crippen LogP contribution in [0.1, 0.15) is 26.7 Å². The molecule has 0 spiro atoms. The maximum atomic E-state index is 12.4. The number of hydrogen-bond donors (Lipinski definition) is 3. The van der Waals surface area contributed by atoms with Gasteiger partial charge in [0, 0.05) is 5.57 Å². The van der Waals surface area contributed by atoms with Gasteiger partial charge in [-0.3, -0.25) is 4.79 Å². The van der Waals surface area contributed by atoms with Crippen LogP contribution >= 0.6 is 25.4 Å². The van der Waals surface area contributed by atoms with Gasteiger partial charge in [-0.25, -0.2) is 19.3 Å². The molecule has 7 nitrogen and oxygen atoms in total. The van der Waals surface area contributed by atoms with Crippen LogP contribution in [0.4, 0.5) is 9.59 Å². The van der Waals surface area contributed by atoms with Crippen LogP contribution in [0.25, 0.3) is 0 Å². The Morgan fingerprint density at radius 1 is 1.29 bits per heavy atom. The molecule has 1 aliphatic heterocycles. The summed E-state index contributed by atoms with van der Waals surface area (Å²) in [6.45, 7) is 3.44. The van der Waals surface area contributed by atoms with Gasteiger partial charge in [0.1, 0.15) is 0 Å². The van der Waals surface area contributed by atoms with Crippen LogP contribution in [0, 0.1) is 0 Å². The lowest BCUT2D eigenvalue weighted by Gasteiger charge is -2.59. The van der Waals surface area contributed by atoms with Crippen molar-refractivity contribution in [2.75, 3.05) is 0 Å². The average molecular weight is 330 g/mol. The number of carbonyl (C=O) groups excluding carboxylic acids is 3. The zero-order valence-corrected chi connectivity index (χ0v) is 13.1. The number of nitrogens with zero attached hydrogens (tertiary/aromatic N) is 2. The van der Waals surface area contributed by atoms with Crippen molar-refractivity contribution in [1.29, 1.82) is 0 Å². The van der Waals surface area contributed by atoms with E-state index in [0.717, 1.165) is 0 Å². The molecule has 2 fully saturated rings. The summed E-state index contributed by atoms with van der Waals surface area (Å²) in [4.78, 5) is 48.3. The summed E-state index contributed by atoms with van der Waals surface area (Å²) >= 11 is 7.99. The third-order valence-electron chi connectivity index (χ3n) is 3.93. The highest BCUT2D eigenvalue weighted by molar-refractivity contribution is 7.82. The molecule has 1 N–H and O–H groups in total.